The molecular weight excluding hydrogens is 331 g/mol. The Morgan fingerprint density at radius 3 is 1.67 bits per heavy atom. The molecule has 2 aromatic rings. The first kappa shape index (κ1) is 13.2. The van der Waals surface area contributed by atoms with Crippen LogP contribution in [0.5, 0.6) is 0 Å². The van der Waals surface area contributed by atoms with Gasteiger partial charge in [-0.1, -0.05) is 37.8 Å². The van der Waals surface area contributed by atoms with Crippen molar-refractivity contribution in [3.05, 3.63) is 68.8 Å². The molecule has 0 aromatic heterocycles. The van der Waals surface area contributed by atoms with E-state index in [2.05, 4.69) is 96.8 Å². The predicted molar refractivity (Wildman–Crippen MR) is 85.7 cm³/mol. The maximum atomic E-state index is 3.19. The molecule has 0 nitrogen and oxygen atoms in total. The highest BCUT2D eigenvalue weighted by Crippen LogP contribution is 2.14. The minimum Gasteiger partial charge on any atom is -0.0617 e. The number of rotatable bonds is 1. The molecule has 0 aliphatic carbocycles. The number of halogens is 1. The van der Waals surface area contributed by atoms with Gasteiger partial charge in [0.25, 0.3) is 0 Å². The second-order valence-corrected chi connectivity index (χ2v) is 5.78. The van der Waals surface area contributed by atoms with E-state index in [1.54, 1.807) is 0 Å². The van der Waals surface area contributed by atoms with Crippen LogP contribution in [0.25, 0.3) is 0 Å². The smallest absolute Gasteiger partial charge is 0.0249 e. The van der Waals surface area contributed by atoms with Crippen LogP contribution in [-0.2, 0) is 0 Å². The van der Waals surface area contributed by atoms with Crippen LogP contribution in [0.4, 0.5) is 0 Å². The molecule has 18 heavy (non-hydrogen) atoms. The van der Waals surface area contributed by atoms with E-state index in [1.807, 2.05) is 0 Å². The zero-order chi connectivity index (χ0) is 13.0. The third-order valence-corrected chi connectivity index (χ3v) is 3.49. The zero-order valence-corrected chi connectivity index (χ0v) is 12.7. The fraction of sp³-hybridized carbons (Fsp3) is 0.176. The lowest BCUT2D eigenvalue weighted by Gasteiger charge is -2.03. The lowest BCUT2D eigenvalue weighted by molar-refractivity contribution is 0.866. The molecule has 0 amide bonds. The van der Waals surface area contributed by atoms with Crippen molar-refractivity contribution in [2.45, 2.75) is 19.8 Å². The summed E-state index contributed by atoms with van der Waals surface area (Å²) in [5.41, 5.74) is 3.48. The van der Waals surface area contributed by atoms with Gasteiger partial charge in [-0.2, -0.15) is 0 Å². The van der Waals surface area contributed by atoms with Gasteiger partial charge in [0.05, 0.1) is 0 Å². The van der Waals surface area contributed by atoms with Crippen LogP contribution in [0.15, 0.2) is 48.5 Å². The van der Waals surface area contributed by atoms with Gasteiger partial charge in [-0.05, 0) is 70.5 Å². The largest absolute Gasteiger partial charge is 0.0617 e. The summed E-state index contributed by atoms with van der Waals surface area (Å²) in [6, 6.07) is 16.8. The Bertz CT molecular complexity index is 566. The molecular formula is C17H15I. The van der Waals surface area contributed by atoms with Crippen molar-refractivity contribution in [1.82, 2.24) is 0 Å². The summed E-state index contributed by atoms with van der Waals surface area (Å²) in [5, 5.41) is 0. The Labute approximate surface area is 123 Å². The lowest BCUT2D eigenvalue weighted by atomic mass is 10.0. The van der Waals surface area contributed by atoms with Gasteiger partial charge in [0.2, 0.25) is 0 Å². The van der Waals surface area contributed by atoms with E-state index >= 15 is 0 Å². The number of benzene rings is 2. The zero-order valence-electron chi connectivity index (χ0n) is 10.6. The van der Waals surface area contributed by atoms with Crippen molar-refractivity contribution in [1.29, 1.82) is 0 Å². The molecule has 0 aliphatic rings. The average Bonchev–Trinajstić information content (AvgIpc) is 2.38. The molecule has 0 aliphatic heterocycles. The molecule has 90 valence electrons. The van der Waals surface area contributed by atoms with Gasteiger partial charge < -0.3 is 0 Å². The minimum atomic E-state index is 0.572. The van der Waals surface area contributed by atoms with Crippen molar-refractivity contribution >= 4 is 22.6 Å². The average molecular weight is 346 g/mol. The van der Waals surface area contributed by atoms with E-state index in [-0.39, 0.29) is 0 Å². The summed E-state index contributed by atoms with van der Waals surface area (Å²) in [4.78, 5) is 0. The molecule has 0 N–H and O–H groups in total. The second-order valence-electron chi connectivity index (χ2n) is 4.53. The van der Waals surface area contributed by atoms with Crippen LogP contribution >= 0.6 is 22.6 Å². The highest BCUT2D eigenvalue weighted by atomic mass is 127. The number of hydrogen-bond acceptors (Lipinski definition) is 0. The summed E-state index contributed by atoms with van der Waals surface area (Å²) in [6.07, 6.45) is 0. The van der Waals surface area contributed by atoms with E-state index in [0.717, 1.165) is 11.1 Å². The standard InChI is InChI=1S/C17H15I/c1-13(2)16-9-5-14(6-10-16)3-4-15-7-11-17(18)12-8-15/h5-13H,1-2H3. The Hall–Kier alpha value is -1.27. The van der Waals surface area contributed by atoms with Crippen LogP contribution in [0.2, 0.25) is 0 Å². The topological polar surface area (TPSA) is 0 Å². The maximum absolute atomic E-state index is 3.19. The molecule has 2 aromatic carbocycles. The van der Waals surface area contributed by atoms with Gasteiger partial charge in [-0.15, -0.1) is 0 Å². The Balaban J connectivity index is 2.17. The molecule has 0 unspecified atom stereocenters. The van der Waals surface area contributed by atoms with Crippen molar-refractivity contribution in [2.75, 3.05) is 0 Å². The van der Waals surface area contributed by atoms with Crippen LogP contribution in [0.3, 0.4) is 0 Å². The Morgan fingerprint density at radius 2 is 1.22 bits per heavy atom. The van der Waals surface area contributed by atoms with Gasteiger partial charge in [0, 0.05) is 14.7 Å². The molecule has 2 rings (SSSR count). The molecule has 0 fully saturated rings. The quantitative estimate of drug-likeness (QED) is 0.513. The summed E-state index contributed by atoms with van der Waals surface area (Å²) < 4.78 is 1.24. The van der Waals surface area contributed by atoms with Gasteiger partial charge in [0.1, 0.15) is 0 Å². The van der Waals surface area contributed by atoms with E-state index in [1.165, 1.54) is 9.13 Å². The third-order valence-electron chi connectivity index (χ3n) is 2.77. The van der Waals surface area contributed by atoms with E-state index in [4.69, 9.17) is 0 Å². The number of hydrogen-bond donors (Lipinski definition) is 0. The van der Waals surface area contributed by atoms with E-state index in [0.29, 0.717) is 5.92 Å². The SMILES string of the molecule is CC(C)c1ccc(C#Cc2ccc(I)cc2)cc1. The first-order chi connectivity index (χ1) is 8.65. The fourth-order valence-corrected chi connectivity index (χ4v) is 1.99. The lowest BCUT2D eigenvalue weighted by Crippen LogP contribution is -1.86. The Morgan fingerprint density at radius 1 is 0.778 bits per heavy atom. The molecule has 0 radical (unpaired) electrons. The van der Waals surface area contributed by atoms with Crippen molar-refractivity contribution < 1.29 is 0 Å². The highest BCUT2D eigenvalue weighted by Gasteiger charge is 1.97. The van der Waals surface area contributed by atoms with Crippen molar-refractivity contribution in [3.63, 3.8) is 0 Å². The normalized spacial score (nSPS) is 10.0. The monoisotopic (exact) mass is 346 g/mol. The molecule has 0 atom stereocenters. The Kier molecular flexibility index (Phi) is 4.43. The summed E-state index contributed by atoms with van der Waals surface area (Å²) in [6.45, 7) is 4.40. The van der Waals surface area contributed by atoms with Crippen LogP contribution in [0.1, 0.15) is 36.5 Å². The van der Waals surface area contributed by atoms with Gasteiger partial charge in [0.15, 0.2) is 0 Å². The maximum Gasteiger partial charge on any atom is 0.0249 e. The summed E-state index contributed by atoms with van der Waals surface area (Å²) in [5.74, 6) is 6.95. The van der Waals surface area contributed by atoms with Gasteiger partial charge in [-0.25, -0.2) is 0 Å². The van der Waals surface area contributed by atoms with Crippen molar-refractivity contribution in [3.8, 4) is 11.8 Å². The van der Waals surface area contributed by atoms with E-state index < -0.39 is 0 Å². The first-order valence-corrected chi connectivity index (χ1v) is 7.10. The summed E-state index contributed by atoms with van der Waals surface area (Å²) >= 11 is 2.30. The van der Waals surface area contributed by atoms with Gasteiger partial charge in [-0.3, -0.25) is 0 Å². The highest BCUT2D eigenvalue weighted by molar-refractivity contribution is 14.1. The minimum absolute atomic E-state index is 0.572. The molecule has 0 spiro atoms. The first-order valence-electron chi connectivity index (χ1n) is 6.03. The molecule has 0 saturated carbocycles. The molecule has 0 bridgehead atoms. The fourth-order valence-electron chi connectivity index (χ4n) is 1.63. The van der Waals surface area contributed by atoms with Crippen LogP contribution in [-0.4, -0.2) is 0 Å². The van der Waals surface area contributed by atoms with E-state index in [9.17, 15) is 0 Å². The molecule has 0 saturated heterocycles. The van der Waals surface area contributed by atoms with Crippen LogP contribution < -0.4 is 0 Å². The molecule has 1 heteroatoms. The van der Waals surface area contributed by atoms with Crippen molar-refractivity contribution in [2.24, 2.45) is 0 Å². The van der Waals surface area contributed by atoms with Crippen LogP contribution in [0, 0.1) is 15.4 Å². The third kappa shape index (κ3) is 3.61. The summed E-state index contributed by atoms with van der Waals surface area (Å²) in [7, 11) is 0. The molecule has 0 heterocycles. The second kappa shape index (κ2) is 6.06. The van der Waals surface area contributed by atoms with Gasteiger partial charge >= 0.3 is 0 Å². The predicted octanol–water partition coefficient (Wildman–Crippen LogP) is 4.81.